The van der Waals surface area contributed by atoms with Crippen molar-refractivity contribution in [1.82, 2.24) is 0 Å². The number of nitrogens with zero attached hydrogens (tertiary/aromatic N) is 2. The van der Waals surface area contributed by atoms with Gasteiger partial charge in [-0.3, -0.25) is 9.59 Å². The molecule has 1 aliphatic rings. The number of benzene rings is 1. The number of amides is 2. The van der Waals surface area contributed by atoms with Gasteiger partial charge in [0.15, 0.2) is 17.5 Å². The van der Waals surface area contributed by atoms with E-state index in [4.69, 9.17) is 0 Å². The fourth-order valence-electron chi connectivity index (χ4n) is 1.07. The molecule has 0 radical (unpaired) electrons. The van der Waals surface area contributed by atoms with Gasteiger partial charge in [-0.1, -0.05) is 0 Å². The monoisotopic (exact) mass is 214 g/mol. The largest absolute Gasteiger partial charge is 0.338 e. The van der Waals surface area contributed by atoms with Gasteiger partial charge in [0, 0.05) is 6.07 Å². The van der Waals surface area contributed by atoms with Crippen molar-refractivity contribution in [3.05, 3.63) is 34.2 Å². The molecule has 1 aliphatic heterocycles. The van der Waals surface area contributed by atoms with Gasteiger partial charge >= 0.3 is 11.8 Å². The maximum absolute atomic E-state index is 13.0. The van der Waals surface area contributed by atoms with Gasteiger partial charge in [-0.05, 0) is 0 Å². The molecule has 1 aromatic rings. The highest BCUT2D eigenvalue weighted by Gasteiger charge is 2.21. The molecule has 0 atom stereocenters. The van der Waals surface area contributed by atoms with Crippen LogP contribution in [0.15, 0.2) is 16.1 Å². The molecule has 0 saturated carbocycles. The summed E-state index contributed by atoms with van der Waals surface area (Å²) in [5.74, 6) is -7.43. The van der Waals surface area contributed by atoms with E-state index < -0.39 is 40.0 Å². The lowest BCUT2D eigenvalue weighted by atomic mass is 10.2. The Bertz CT molecular complexity index is 609. The lowest BCUT2D eigenvalue weighted by molar-refractivity contribution is -0.135. The Morgan fingerprint density at radius 3 is 2.20 bits per heavy atom. The van der Waals surface area contributed by atoms with Crippen molar-refractivity contribution in [2.45, 2.75) is 0 Å². The zero-order valence-electron chi connectivity index (χ0n) is 6.92. The van der Waals surface area contributed by atoms with Crippen molar-refractivity contribution >= 4 is 11.8 Å². The van der Waals surface area contributed by atoms with Crippen LogP contribution in [0.2, 0.25) is 0 Å². The zero-order chi connectivity index (χ0) is 11.2. The molecule has 0 fully saturated rings. The number of hydrogen-bond acceptors (Lipinski definition) is 2. The van der Waals surface area contributed by atoms with Gasteiger partial charge in [0.05, 0.1) is 5.36 Å². The normalized spacial score (nSPS) is 14.3. The molecule has 2 amide bonds. The topological polar surface area (TPSA) is 58.9 Å². The number of carbonyl (C=O) groups is 2. The molecule has 76 valence electrons. The Morgan fingerprint density at radius 2 is 1.53 bits per heavy atom. The molecule has 1 aromatic carbocycles. The van der Waals surface area contributed by atoms with Gasteiger partial charge in [-0.2, -0.15) is 4.99 Å². The van der Waals surface area contributed by atoms with Gasteiger partial charge in [0.2, 0.25) is 0 Å². The van der Waals surface area contributed by atoms with Gasteiger partial charge < -0.3 is 0 Å². The van der Waals surface area contributed by atoms with Crippen LogP contribution in [0.1, 0.15) is 0 Å². The quantitative estimate of drug-likeness (QED) is 0.428. The first kappa shape index (κ1) is 9.50. The molecular formula is C8HF3N2O2. The molecule has 0 spiro atoms. The van der Waals surface area contributed by atoms with E-state index in [2.05, 4.69) is 9.98 Å². The van der Waals surface area contributed by atoms with Crippen LogP contribution in [-0.4, -0.2) is 11.8 Å². The molecule has 4 nitrogen and oxygen atoms in total. The molecule has 1 heterocycles. The molecule has 0 unspecified atom stereocenters. The number of carbonyl (C=O) groups excluding carboxylic acids is 2. The van der Waals surface area contributed by atoms with E-state index in [0.29, 0.717) is 6.07 Å². The standard InChI is InChI=1S/C8HF3N2O2/c9-2-1-3-6(5(11)4(2)10)13-8(15)7(14)12-3/h1H. The predicted octanol–water partition coefficient (Wildman–Crippen LogP) is -0.590. The molecule has 0 aromatic heterocycles. The Balaban J connectivity index is 2.97. The van der Waals surface area contributed by atoms with E-state index in [1.54, 1.807) is 0 Å². The molecule has 2 rings (SSSR count). The van der Waals surface area contributed by atoms with Crippen LogP contribution in [0.5, 0.6) is 0 Å². The van der Waals surface area contributed by atoms with E-state index in [1.165, 1.54) is 0 Å². The second-order valence-electron chi connectivity index (χ2n) is 2.69. The molecule has 0 N–H and O–H groups in total. The SMILES string of the molecule is O=C1N=c2cc(F)c(F)c(F)c2=NC1=O. The van der Waals surface area contributed by atoms with Crippen molar-refractivity contribution in [3.63, 3.8) is 0 Å². The molecule has 0 bridgehead atoms. The zero-order valence-corrected chi connectivity index (χ0v) is 6.92. The molecule has 15 heavy (non-hydrogen) atoms. The fraction of sp³-hybridized carbons (Fsp3) is 0. The smallest absolute Gasteiger partial charge is 0.261 e. The van der Waals surface area contributed by atoms with Crippen LogP contribution in [-0.2, 0) is 9.59 Å². The number of rotatable bonds is 0. The van der Waals surface area contributed by atoms with Crippen molar-refractivity contribution < 1.29 is 22.8 Å². The Morgan fingerprint density at radius 1 is 0.933 bits per heavy atom. The van der Waals surface area contributed by atoms with E-state index >= 15 is 0 Å². The first-order valence-electron chi connectivity index (χ1n) is 3.70. The van der Waals surface area contributed by atoms with Crippen LogP contribution >= 0.6 is 0 Å². The average Bonchev–Trinajstić information content (AvgIpc) is 2.19. The van der Waals surface area contributed by atoms with Gasteiger partial charge in [-0.25, -0.2) is 18.2 Å². The van der Waals surface area contributed by atoms with Crippen molar-refractivity contribution in [3.8, 4) is 0 Å². The second-order valence-corrected chi connectivity index (χ2v) is 2.69. The molecular weight excluding hydrogens is 213 g/mol. The van der Waals surface area contributed by atoms with Crippen LogP contribution in [0, 0.1) is 17.5 Å². The van der Waals surface area contributed by atoms with Crippen LogP contribution in [0.4, 0.5) is 13.2 Å². The van der Waals surface area contributed by atoms with E-state index in [1.807, 2.05) is 0 Å². The minimum absolute atomic E-state index is 0.490. The second kappa shape index (κ2) is 2.97. The van der Waals surface area contributed by atoms with Crippen LogP contribution in [0.3, 0.4) is 0 Å². The highest BCUT2D eigenvalue weighted by atomic mass is 19.2. The molecule has 0 saturated heterocycles. The molecule has 0 aliphatic carbocycles. The lowest BCUT2D eigenvalue weighted by Gasteiger charge is -1.99. The summed E-state index contributed by atoms with van der Waals surface area (Å²) in [5.41, 5.74) is 0. The Hall–Kier alpha value is -2.05. The summed E-state index contributed by atoms with van der Waals surface area (Å²) in [6.07, 6.45) is 0. The fourth-order valence-corrected chi connectivity index (χ4v) is 1.07. The predicted molar refractivity (Wildman–Crippen MR) is 38.6 cm³/mol. The Kier molecular flexibility index (Phi) is 1.88. The summed E-state index contributed by atoms with van der Waals surface area (Å²) >= 11 is 0. The third kappa shape index (κ3) is 1.32. The first-order valence-corrected chi connectivity index (χ1v) is 3.70. The highest BCUT2D eigenvalue weighted by Crippen LogP contribution is 2.03. The number of halogens is 3. The van der Waals surface area contributed by atoms with Crippen molar-refractivity contribution in [2.24, 2.45) is 9.98 Å². The molecule has 7 heteroatoms. The third-order valence-corrected chi connectivity index (χ3v) is 1.73. The summed E-state index contributed by atoms with van der Waals surface area (Å²) in [6, 6.07) is 0.502. The summed E-state index contributed by atoms with van der Waals surface area (Å²) < 4.78 is 38.4. The number of hydrogen-bond donors (Lipinski definition) is 0. The summed E-state index contributed by atoms with van der Waals surface area (Å²) in [7, 11) is 0. The van der Waals surface area contributed by atoms with Gasteiger partial charge in [0.1, 0.15) is 5.36 Å². The maximum atomic E-state index is 13.0. The van der Waals surface area contributed by atoms with Gasteiger partial charge in [0.25, 0.3) is 0 Å². The van der Waals surface area contributed by atoms with Crippen molar-refractivity contribution in [2.75, 3.05) is 0 Å². The average molecular weight is 214 g/mol. The van der Waals surface area contributed by atoms with Crippen LogP contribution < -0.4 is 10.7 Å². The van der Waals surface area contributed by atoms with E-state index in [0.717, 1.165) is 0 Å². The minimum atomic E-state index is -1.75. The van der Waals surface area contributed by atoms with E-state index in [-0.39, 0.29) is 0 Å². The lowest BCUT2D eigenvalue weighted by Crippen LogP contribution is -2.38. The highest BCUT2D eigenvalue weighted by molar-refractivity contribution is 6.36. The third-order valence-electron chi connectivity index (χ3n) is 1.73. The summed E-state index contributed by atoms with van der Waals surface area (Å²) in [4.78, 5) is 27.5. The minimum Gasteiger partial charge on any atom is -0.261 e. The van der Waals surface area contributed by atoms with Crippen LogP contribution in [0.25, 0.3) is 0 Å². The van der Waals surface area contributed by atoms with Crippen molar-refractivity contribution in [1.29, 1.82) is 0 Å². The number of fused-ring (bicyclic) bond motifs is 1. The Labute approximate surface area is 79.8 Å². The summed E-state index contributed by atoms with van der Waals surface area (Å²) in [5, 5.41) is -1.24. The summed E-state index contributed by atoms with van der Waals surface area (Å²) in [6.45, 7) is 0. The van der Waals surface area contributed by atoms with E-state index in [9.17, 15) is 22.8 Å². The first-order chi connectivity index (χ1) is 7.00. The van der Waals surface area contributed by atoms with Gasteiger partial charge in [-0.15, -0.1) is 0 Å². The maximum Gasteiger partial charge on any atom is 0.338 e.